The van der Waals surface area contributed by atoms with Gasteiger partial charge in [-0.1, -0.05) is 39.5 Å². The van der Waals surface area contributed by atoms with Crippen molar-refractivity contribution in [1.29, 1.82) is 0 Å². The highest BCUT2D eigenvalue weighted by Gasteiger charge is 2.25. The number of carbonyl (C=O) groups excluding carboxylic acids is 2. The molecule has 0 atom stereocenters. The summed E-state index contributed by atoms with van der Waals surface area (Å²) in [6, 6.07) is 0. The Morgan fingerprint density at radius 3 is 2.29 bits per heavy atom. The predicted octanol–water partition coefficient (Wildman–Crippen LogP) is 2.97. The van der Waals surface area contributed by atoms with E-state index in [4.69, 9.17) is 0 Å². The third kappa shape index (κ3) is 7.49. The summed E-state index contributed by atoms with van der Waals surface area (Å²) in [5.74, 6) is 1.20. The highest BCUT2D eigenvalue weighted by Crippen LogP contribution is 2.17. The maximum atomic E-state index is 12.0. The number of nitrogens with one attached hydrogen (secondary N) is 1. The van der Waals surface area contributed by atoms with Crippen molar-refractivity contribution in [2.75, 3.05) is 19.6 Å². The average Bonchev–Trinajstić information content (AvgIpc) is 2.45. The Hall–Kier alpha value is -1.06. The largest absolute Gasteiger partial charge is 0.356 e. The van der Waals surface area contributed by atoms with Crippen molar-refractivity contribution in [3.05, 3.63) is 0 Å². The molecule has 0 bridgehead atoms. The molecule has 4 heteroatoms. The van der Waals surface area contributed by atoms with Crippen LogP contribution in [0.5, 0.6) is 0 Å². The van der Waals surface area contributed by atoms with Crippen molar-refractivity contribution in [2.45, 2.75) is 65.7 Å². The molecule has 1 aliphatic heterocycles. The number of unbranched alkanes of at least 4 members (excludes halogenated alkanes) is 3. The molecule has 0 aromatic rings. The van der Waals surface area contributed by atoms with Crippen LogP contribution in [0.15, 0.2) is 0 Å². The molecule has 0 radical (unpaired) electrons. The Kier molecular flexibility index (Phi) is 8.40. The first-order valence-corrected chi connectivity index (χ1v) is 8.54. The fraction of sp³-hybridized carbons (Fsp3) is 0.882. The summed E-state index contributed by atoms with van der Waals surface area (Å²) < 4.78 is 0. The zero-order valence-corrected chi connectivity index (χ0v) is 14.0. The monoisotopic (exact) mass is 296 g/mol. The molecule has 1 N–H and O–H groups in total. The van der Waals surface area contributed by atoms with Crippen LogP contribution in [0.2, 0.25) is 0 Å². The lowest BCUT2D eigenvalue weighted by Gasteiger charge is -2.30. The number of amides is 2. The van der Waals surface area contributed by atoms with Crippen molar-refractivity contribution in [3.63, 3.8) is 0 Å². The maximum Gasteiger partial charge on any atom is 0.223 e. The van der Waals surface area contributed by atoms with Gasteiger partial charge in [-0.15, -0.1) is 0 Å². The van der Waals surface area contributed by atoms with Crippen LogP contribution in [0.4, 0.5) is 0 Å². The van der Waals surface area contributed by atoms with Gasteiger partial charge < -0.3 is 10.2 Å². The zero-order valence-electron chi connectivity index (χ0n) is 14.0. The van der Waals surface area contributed by atoms with E-state index in [1.165, 1.54) is 25.7 Å². The van der Waals surface area contributed by atoms with Gasteiger partial charge in [-0.25, -0.2) is 0 Å². The van der Waals surface area contributed by atoms with Crippen LogP contribution in [0, 0.1) is 11.8 Å². The van der Waals surface area contributed by atoms with Crippen molar-refractivity contribution in [2.24, 2.45) is 11.8 Å². The molecule has 122 valence electrons. The minimum atomic E-state index is 0.0986. The van der Waals surface area contributed by atoms with Crippen LogP contribution in [0.1, 0.15) is 65.7 Å². The number of carbonyl (C=O) groups is 2. The van der Waals surface area contributed by atoms with Gasteiger partial charge in [0.25, 0.3) is 0 Å². The van der Waals surface area contributed by atoms with Crippen LogP contribution in [-0.4, -0.2) is 36.3 Å². The number of likely N-dealkylation sites (tertiary alicyclic amines) is 1. The molecule has 4 nitrogen and oxygen atoms in total. The Labute approximate surface area is 129 Å². The Balaban J connectivity index is 2.03. The summed E-state index contributed by atoms with van der Waals surface area (Å²) in [6.07, 6.45) is 7.77. The van der Waals surface area contributed by atoms with Gasteiger partial charge in [-0.2, -0.15) is 0 Å². The highest BCUT2D eigenvalue weighted by molar-refractivity contribution is 5.79. The van der Waals surface area contributed by atoms with E-state index >= 15 is 0 Å². The molecule has 1 saturated heterocycles. The van der Waals surface area contributed by atoms with E-state index in [-0.39, 0.29) is 17.7 Å². The summed E-state index contributed by atoms with van der Waals surface area (Å²) in [5, 5.41) is 3.05. The third-order valence-corrected chi connectivity index (χ3v) is 4.32. The number of piperidine rings is 1. The van der Waals surface area contributed by atoms with E-state index in [1.54, 1.807) is 6.92 Å². The summed E-state index contributed by atoms with van der Waals surface area (Å²) in [5.41, 5.74) is 0. The SMILES string of the molecule is CC(=O)N1CCC(C(=O)NCCCCCCC(C)C)CC1. The van der Waals surface area contributed by atoms with Crippen LogP contribution >= 0.6 is 0 Å². The second-order valence-electron chi connectivity index (χ2n) is 6.67. The molecule has 0 aromatic carbocycles. The van der Waals surface area contributed by atoms with E-state index < -0.39 is 0 Å². The van der Waals surface area contributed by atoms with Crippen LogP contribution < -0.4 is 5.32 Å². The van der Waals surface area contributed by atoms with Crippen LogP contribution in [0.3, 0.4) is 0 Å². The Morgan fingerprint density at radius 1 is 1.10 bits per heavy atom. The van der Waals surface area contributed by atoms with Gasteiger partial charge in [-0.05, 0) is 25.2 Å². The molecule has 1 aliphatic rings. The lowest BCUT2D eigenvalue weighted by atomic mass is 9.96. The van der Waals surface area contributed by atoms with Crippen molar-refractivity contribution < 1.29 is 9.59 Å². The molecule has 0 unspecified atom stereocenters. The van der Waals surface area contributed by atoms with Gasteiger partial charge in [-0.3, -0.25) is 9.59 Å². The number of nitrogens with zero attached hydrogens (tertiary/aromatic N) is 1. The first kappa shape index (κ1) is 18.0. The molecular formula is C17H32N2O2. The Morgan fingerprint density at radius 2 is 1.71 bits per heavy atom. The zero-order chi connectivity index (χ0) is 15.7. The summed E-state index contributed by atoms with van der Waals surface area (Å²) in [4.78, 5) is 25.1. The Bertz CT molecular complexity index is 321. The molecule has 1 fully saturated rings. The first-order valence-electron chi connectivity index (χ1n) is 8.54. The quantitative estimate of drug-likeness (QED) is 0.700. The number of rotatable bonds is 8. The second-order valence-corrected chi connectivity index (χ2v) is 6.67. The molecule has 0 aliphatic carbocycles. The van der Waals surface area contributed by atoms with E-state index in [0.717, 1.165) is 44.8 Å². The van der Waals surface area contributed by atoms with Gasteiger partial charge in [0.05, 0.1) is 0 Å². The first-order chi connectivity index (χ1) is 10.0. The smallest absolute Gasteiger partial charge is 0.223 e. The summed E-state index contributed by atoms with van der Waals surface area (Å²) in [7, 11) is 0. The topological polar surface area (TPSA) is 49.4 Å². The van der Waals surface area contributed by atoms with E-state index in [2.05, 4.69) is 19.2 Å². The minimum absolute atomic E-state index is 0.0986. The lowest BCUT2D eigenvalue weighted by molar-refractivity contribution is -0.133. The highest BCUT2D eigenvalue weighted by atomic mass is 16.2. The summed E-state index contributed by atoms with van der Waals surface area (Å²) in [6.45, 7) is 8.37. The fourth-order valence-corrected chi connectivity index (χ4v) is 2.84. The predicted molar refractivity (Wildman–Crippen MR) is 85.9 cm³/mol. The molecule has 1 heterocycles. The number of hydrogen-bond donors (Lipinski definition) is 1. The third-order valence-electron chi connectivity index (χ3n) is 4.32. The molecule has 0 spiro atoms. The van der Waals surface area contributed by atoms with E-state index in [9.17, 15) is 9.59 Å². The van der Waals surface area contributed by atoms with Crippen LogP contribution in [0.25, 0.3) is 0 Å². The molecule has 2 amide bonds. The molecule has 0 saturated carbocycles. The van der Waals surface area contributed by atoms with Crippen molar-refractivity contribution >= 4 is 11.8 Å². The average molecular weight is 296 g/mol. The van der Waals surface area contributed by atoms with Crippen molar-refractivity contribution in [1.82, 2.24) is 10.2 Å². The van der Waals surface area contributed by atoms with Crippen LogP contribution in [-0.2, 0) is 9.59 Å². The molecule has 21 heavy (non-hydrogen) atoms. The van der Waals surface area contributed by atoms with E-state index in [0.29, 0.717) is 0 Å². The normalized spacial score (nSPS) is 16.3. The van der Waals surface area contributed by atoms with Gasteiger partial charge in [0.2, 0.25) is 11.8 Å². The lowest BCUT2D eigenvalue weighted by Crippen LogP contribution is -2.42. The molecule has 1 rings (SSSR count). The maximum absolute atomic E-state index is 12.0. The van der Waals surface area contributed by atoms with Gasteiger partial charge in [0.1, 0.15) is 0 Å². The molecule has 0 aromatic heterocycles. The van der Waals surface area contributed by atoms with Gasteiger partial charge >= 0.3 is 0 Å². The minimum Gasteiger partial charge on any atom is -0.356 e. The van der Waals surface area contributed by atoms with E-state index in [1.807, 2.05) is 4.90 Å². The van der Waals surface area contributed by atoms with Gasteiger partial charge in [0.15, 0.2) is 0 Å². The van der Waals surface area contributed by atoms with Gasteiger partial charge in [0, 0.05) is 32.5 Å². The van der Waals surface area contributed by atoms with Crippen molar-refractivity contribution in [3.8, 4) is 0 Å². The molecular weight excluding hydrogens is 264 g/mol. The standard InChI is InChI=1S/C17H32N2O2/c1-14(2)8-6-4-5-7-11-18-17(21)16-9-12-19(13-10-16)15(3)20/h14,16H,4-13H2,1-3H3,(H,18,21). The number of hydrogen-bond acceptors (Lipinski definition) is 2. The fourth-order valence-electron chi connectivity index (χ4n) is 2.84. The summed E-state index contributed by atoms with van der Waals surface area (Å²) >= 11 is 0. The second kappa shape index (κ2) is 9.80.